The van der Waals surface area contributed by atoms with Gasteiger partial charge >= 0.3 is 0 Å². The molecule has 3 rings (SSSR count). The Kier molecular flexibility index (Phi) is 6.99. The molecule has 0 spiro atoms. The molecule has 2 aromatic carbocycles. The maximum Gasteiger partial charge on any atom is 0.223 e. The first-order valence-corrected chi connectivity index (χ1v) is 10.1. The summed E-state index contributed by atoms with van der Waals surface area (Å²) in [6.45, 7) is 2.94. The summed E-state index contributed by atoms with van der Waals surface area (Å²) in [5.41, 5.74) is 3.41. The number of nitrogens with one attached hydrogen (secondary N) is 1. The molecule has 140 valence electrons. The van der Waals surface area contributed by atoms with Crippen molar-refractivity contribution in [2.75, 3.05) is 6.61 Å². The summed E-state index contributed by atoms with van der Waals surface area (Å²) in [4.78, 5) is 16.6. The molecule has 1 amide bonds. The molecule has 0 aliphatic carbocycles. The van der Waals surface area contributed by atoms with Crippen LogP contribution in [0.1, 0.15) is 35.2 Å². The van der Waals surface area contributed by atoms with Crippen molar-refractivity contribution >= 4 is 17.2 Å². The van der Waals surface area contributed by atoms with Crippen LogP contribution < -0.4 is 10.1 Å². The summed E-state index contributed by atoms with van der Waals surface area (Å²) in [5.74, 6) is 0.767. The number of carbonyl (C=O) groups excluding carboxylic acids is 1. The smallest absolute Gasteiger partial charge is 0.223 e. The minimum atomic E-state index is -0.0298. The van der Waals surface area contributed by atoms with Crippen LogP contribution in [-0.2, 0) is 24.2 Å². The van der Waals surface area contributed by atoms with E-state index >= 15 is 0 Å². The predicted octanol–water partition coefficient (Wildman–Crippen LogP) is 4.38. The standard InChI is InChI=1S/C22H24N2O2S/c1-2-17-8-10-20(11-9-17)26-13-12-21(25)23-15-19-16-27-22(24-19)14-18-6-4-3-5-7-18/h3-11,16H,2,12-15H2,1H3,(H,23,25). The van der Waals surface area contributed by atoms with Gasteiger partial charge in [-0.1, -0.05) is 49.4 Å². The van der Waals surface area contributed by atoms with E-state index in [1.807, 2.05) is 47.8 Å². The zero-order valence-electron chi connectivity index (χ0n) is 15.5. The van der Waals surface area contributed by atoms with Gasteiger partial charge in [0, 0.05) is 11.8 Å². The van der Waals surface area contributed by atoms with Crippen molar-refractivity contribution in [3.63, 3.8) is 0 Å². The number of thiazole rings is 1. The molecule has 0 saturated heterocycles. The minimum Gasteiger partial charge on any atom is -0.493 e. The van der Waals surface area contributed by atoms with Gasteiger partial charge in [-0.2, -0.15) is 0 Å². The van der Waals surface area contributed by atoms with Gasteiger partial charge in [0.25, 0.3) is 0 Å². The second kappa shape index (κ2) is 9.88. The highest BCUT2D eigenvalue weighted by atomic mass is 32.1. The van der Waals surface area contributed by atoms with Crippen LogP contribution in [0.3, 0.4) is 0 Å². The maximum absolute atomic E-state index is 12.0. The molecular formula is C22H24N2O2S. The third kappa shape index (κ3) is 6.22. The Morgan fingerprint density at radius 1 is 1.07 bits per heavy atom. The minimum absolute atomic E-state index is 0.0298. The zero-order chi connectivity index (χ0) is 18.9. The van der Waals surface area contributed by atoms with E-state index in [0.29, 0.717) is 19.6 Å². The third-order valence-corrected chi connectivity index (χ3v) is 5.09. The Hall–Kier alpha value is -2.66. The van der Waals surface area contributed by atoms with E-state index in [2.05, 4.69) is 29.4 Å². The first-order chi connectivity index (χ1) is 13.2. The van der Waals surface area contributed by atoms with Gasteiger partial charge in [-0.25, -0.2) is 4.98 Å². The number of carbonyl (C=O) groups is 1. The summed E-state index contributed by atoms with van der Waals surface area (Å²) < 4.78 is 5.62. The molecule has 3 aromatic rings. The lowest BCUT2D eigenvalue weighted by atomic mass is 10.2. The number of rotatable bonds is 9. The highest BCUT2D eigenvalue weighted by Gasteiger charge is 2.06. The van der Waals surface area contributed by atoms with Crippen LogP contribution in [0, 0.1) is 0 Å². The van der Waals surface area contributed by atoms with Crippen LogP contribution in [0.2, 0.25) is 0 Å². The molecule has 1 heterocycles. The van der Waals surface area contributed by atoms with Crippen LogP contribution in [0.4, 0.5) is 0 Å². The van der Waals surface area contributed by atoms with Crippen molar-refractivity contribution in [1.82, 2.24) is 10.3 Å². The van der Waals surface area contributed by atoms with Crippen molar-refractivity contribution < 1.29 is 9.53 Å². The van der Waals surface area contributed by atoms with E-state index in [1.165, 1.54) is 11.1 Å². The summed E-state index contributed by atoms with van der Waals surface area (Å²) >= 11 is 1.63. The number of hydrogen-bond donors (Lipinski definition) is 1. The Morgan fingerprint density at radius 2 is 1.85 bits per heavy atom. The van der Waals surface area contributed by atoms with Gasteiger partial charge in [0.05, 0.1) is 30.3 Å². The lowest BCUT2D eigenvalue weighted by molar-refractivity contribution is -0.121. The molecule has 27 heavy (non-hydrogen) atoms. The summed E-state index contributed by atoms with van der Waals surface area (Å²) in [5, 5.41) is 5.97. The van der Waals surface area contributed by atoms with E-state index in [9.17, 15) is 4.79 Å². The van der Waals surface area contributed by atoms with Crippen LogP contribution in [-0.4, -0.2) is 17.5 Å². The van der Waals surface area contributed by atoms with E-state index in [4.69, 9.17) is 4.74 Å². The lowest BCUT2D eigenvalue weighted by Crippen LogP contribution is -2.24. The Bertz CT molecular complexity index is 844. The molecule has 0 fully saturated rings. The second-order valence-electron chi connectivity index (χ2n) is 6.27. The highest BCUT2D eigenvalue weighted by molar-refractivity contribution is 7.09. The quantitative estimate of drug-likeness (QED) is 0.599. The van der Waals surface area contributed by atoms with Crippen molar-refractivity contribution in [2.24, 2.45) is 0 Å². The van der Waals surface area contributed by atoms with Crippen molar-refractivity contribution in [1.29, 1.82) is 0 Å². The molecule has 0 radical (unpaired) electrons. The summed E-state index contributed by atoms with van der Waals surface area (Å²) in [6, 6.07) is 18.2. The molecule has 0 atom stereocenters. The molecule has 0 aliphatic rings. The summed E-state index contributed by atoms with van der Waals surface area (Å²) in [7, 11) is 0. The van der Waals surface area contributed by atoms with Gasteiger partial charge in [0.2, 0.25) is 5.91 Å². The zero-order valence-corrected chi connectivity index (χ0v) is 16.3. The van der Waals surface area contributed by atoms with Crippen LogP contribution in [0.5, 0.6) is 5.75 Å². The number of benzene rings is 2. The maximum atomic E-state index is 12.0. The average molecular weight is 381 g/mol. The summed E-state index contributed by atoms with van der Waals surface area (Å²) in [6.07, 6.45) is 2.16. The Balaban J connectivity index is 1.37. The van der Waals surface area contributed by atoms with Gasteiger partial charge in [-0.15, -0.1) is 11.3 Å². The first-order valence-electron chi connectivity index (χ1n) is 9.18. The van der Waals surface area contributed by atoms with E-state index in [-0.39, 0.29) is 5.91 Å². The van der Waals surface area contributed by atoms with E-state index < -0.39 is 0 Å². The Labute approximate surface area is 164 Å². The number of ether oxygens (including phenoxy) is 1. The van der Waals surface area contributed by atoms with Crippen molar-refractivity contribution in [3.8, 4) is 5.75 Å². The third-order valence-electron chi connectivity index (χ3n) is 4.19. The fourth-order valence-corrected chi connectivity index (χ4v) is 3.47. The molecule has 1 N–H and O–H groups in total. The van der Waals surface area contributed by atoms with Gasteiger partial charge in [0.1, 0.15) is 5.75 Å². The van der Waals surface area contributed by atoms with E-state index in [0.717, 1.165) is 29.3 Å². The number of aromatic nitrogens is 1. The Morgan fingerprint density at radius 3 is 2.59 bits per heavy atom. The molecule has 1 aromatic heterocycles. The second-order valence-corrected chi connectivity index (χ2v) is 7.21. The van der Waals surface area contributed by atoms with Gasteiger partial charge in [-0.3, -0.25) is 4.79 Å². The number of nitrogens with zero attached hydrogens (tertiary/aromatic N) is 1. The molecule has 0 aliphatic heterocycles. The van der Waals surface area contributed by atoms with Crippen molar-refractivity contribution in [2.45, 2.75) is 32.7 Å². The monoisotopic (exact) mass is 380 g/mol. The molecule has 0 saturated carbocycles. The highest BCUT2D eigenvalue weighted by Crippen LogP contribution is 2.15. The van der Waals surface area contributed by atoms with Gasteiger partial charge < -0.3 is 10.1 Å². The number of amides is 1. The van der Waals surface area contributed by atoms with Crippen LogP contribution >= 0.6 is 11.3 Å². The normalized spacial score (nSPS) is 10.6. The molecular weight excluding hydrogens is 356 g/mol. The number of aryl methyl sites for hydroxylation is 1. The molecule has 5 heteroatoms. The average Bonchev–Trinajstić information content (AvgIpc) is 3.15. The topological polar surface area (TPSA) is 51.2 Å². The van der Waals surface area contributed by atoms with Crippen LogP contribution in [0.25, 0.3) is 0 Å². The first kappa shape index (κ1) is 19.1. The fraction of sp³-hybridized carbons (Fsp3) is 0.273. The van der Waals surface area contributed by atoms with E-state index in [1.54, 1.807) is 11.3 Å². The van der Waals surface area contributed by atoms with Gasteiger partial charge in [-0.05, 0) is 29.7 Å². The van der Waals surface area contributed by atoms with Crippen LogP contribution in [0.15, 0.2) is 60.0 Å². The van der Waals surface area contributed by atoms with Crippen molar-refractivity contribution in [3.05, 3.63) is 81.8 Å². The van der Waals surface area contributed by atoms with Gasteiger partial charge in [0.15, 0.2) is 0 Å². The fourth-order valence-electron chi connectivity index (χ4n) is 2.64. The molecule has 4 nitrogen and oxygen atoms in total. The molecule has 0 unspecified atom stereocenters. The predicted molar refractivity (Wildman–Crippen MR) is 109 cm³/mol. The largest absolute Gasteiger partial charge is 0.493 e. The number of hydrogen-bond acceptors (Lipinski definition) is 4. The SMILES string of the molecule is CCc1ccc(OCCC(=O)NCc2csc(Cc3ccccc3)n2)cc1. The molecule has 0 bridgehead atoms. The lowest BCUT2D eigenvalue weighted by Gasteiger charge is -2.07.